The van der Waals surface area contributed by atoms with Gasteiger partial charge in [-0.25, -0.2) is 19.0 Å². The molecule has 1 aliphatic carbocycles. The summed E-state index contributed by atoms with van der Waals surface area (Å²) in [6.45, 7) is 8.29. The molecule has 1 aliphatic rings. The van der Waals surface area contributed by atoms with Gasteiger partial charge in [0.05, 0.1) is 31.7 Å². The Morgan fingerprint density at radius 3 is 1.95 bits per heavy atom. The van der Waals surface area contributed by atoms with E-state index in [-0.39, 0.29) is 50.2 Å². The summed E-state index contributed by atoms with van der Waals surface area (Å²) in [6, 6.07) is 24.1. The van der Waals surface area contributed by atoms with Gasteiger partial charge in [0.25, 0.3) is 0 Å². The van der Waals surface area contributed by atoms with Crippen molar-refractivity contribution in [1.29, 1.82) is 0 Å². The second-order valence-corrected chi connectivity index (χ2v) is 19.2. The zero-order chi connectivity index (χ0) is 54.0. The number of hydrogen-bond acceptors (Lipinski definition) is 12. The monoisotopic (exact) mass is 1020 g/mol. The number of benzene rings is 4. The Morgan fingerprint density at radius 2 is 1.32 bits per heavy atom. The minimum atomic E-state index is -1.64. The second kappa shape index (κ2) is 26.6. The van der Waals surface area contributed by atoms with Gasteiger partial charge in [0.15, 0.2) is 23.6 Å². The topological polar surface area (TPSA) is 287 Å². The summed E-state index contributed by atoms with van der Waals surface area (Å²) in [6.07, 6.45) is -1.40. The van der Waals surface area contributed by atoms with E-state index in [2.05, 4.69) is 36.9 Å². The molecule has 4 aromatic carbocycles. The van der Waals surface area contributed by atoms with Crippen LogP contribution in [0.3, 0.4) is 0 Å². The fourth-order valence-electron chi connectivity index (χ4n) is 7.49. The van der Waals surface area contributed by atoms with Gasteiger partial charge >= 0.3 is 18.0 Å². The first-order valence-electron chi connectivity index (χ1n) is 23.9. The Hall–Kier alpha value is -8.07. The Labute approximate surface area is 428 Å². The second-order valence-electron chi connectivity index (χ2n) is 19.2. The third-order valence-corrected chi connectivity index (χ3v) is 10.9. The van der Waals surface area contributed by atoms with Gasteiger partial charge in [-0.3, -0.25) is 24.0 Å². The fraction of sp³-hybridized carbons (Fsp3) is 0.396. The number of nitrogens with zero attached hydrogens (tertiary/aromatic N) is 1. The maximum absolute atomic E-state index is 14.5. The molecule has 0 heterocycles. The molecule has 5 rings (SSSR count). The van der Waals surface area contributed by atoms with Crippen LogP contribution in [0.15, 0.2) is 102 Å². The van der Waals surface area contributed by atoms with Crippen LogP contribution in [0.25, 0.3) is 11.1 Å². The number of nitrogens with one attached hydrogen (secondary N) is 6. The molecule has 0 fully saturated rings. The molecule has 3 atom stereocenters. The van der Waals surface area contributed by atoms with E-state index in [4.69, 9.17) is 24.7 Å². The molecule has 5 amide bonds. The molecule has 0 aromatic heterocycles. The zero-order valence-electron chi connectivity index (χ0n) is 42.3. The largest absolute Gasteiger partial charge is 0.480 e. The van der Waals surface area contributed by atoms with Gasteiger partial charge in [-0.05, 0) is 106 Å². The average molecular weight is 1030 g/mol. The number of carbonyl (C=O) groups excluding carboxylic acids is 6. The van der Waals surface area contributed by atoms with Gasteiger partial charge < -0.3 is 61.7 Å². The van der Waals surface area contributed by atoms with Gasteiger partial charge in [-0.1, -0.05) is 72.8 Å². The molecule has 21 heteroatoms. The number of ether oxygens (including phenoxy) is 4. The van der Waals surface area contributed by atoms with Crippen LogP contribution >= 0.6 is 0 Å². The Balaban J connectivity index is 1.20. The molecular weight excluding hydrogens is 960 g/mol. The van der Waals surface area contributed by atoms with Crippen molar-refractivity contribution >= 4 is 47.6 Å². The van der Waals surface area contributed by atoms with Crippen molar-refractivity contribution < 1.29 is 62.0 Å². The number of hydrogen-bond donors (Lipinski definition) is 8. The standard InChI is InChI=1S/C53H65FN8O12/c1-52(2,3)72-31-42(49(68)69)62-48(67)41(26-46(65)74-53(4,5)6)61-44(63)28-57-47(66)40(21-14-24-56-50(55)58-27-32-22-23-39(54)43(25-32)73-33-15-8-7-9-16-33)60-45(64)29-59-51(70)71-30-38-36-19-12-10-17-34(36)35-18-11-13-20-37(35)38/h7-13,15-20,22-23,25,38,40-42H,14,21,24,26-31H2,1-6H3,(H,57,66)(H,59,70)(H,60,64)(H,61,63)(H,62,67)(H,68,69)(H3,55,56,58)/t40-,41-,42-/m1/s1. The van der Waals surface area contributed by atoms with E-state index in [1.807, 2.05) is 48.5 Å². The van der Waals surface area contributed by atoms with E-state index in [0.717, 1.165) is 22.3 Å². The summed E-state index contributed by atoms with van der Waals surface area (Å²) in [5.74, 6) is -6.23. The summed E-state index contributed by atoms with van der Waals surface area (Å²) in [7, 11) is 0. The lowest BCUT2D eigenvalue weighted by atomic mass is 9.98. The van der Waals surface area contributed by atoms with Crippen LogP contribution in [0.1, 0.15) is 83.4 Å². The molecule has 0 saturated heterocycles. The smallest absolute Gasteiger partial charge is 0.407 e. The van der Waals surface area contributed by atoms with Crippen LogP contribution in [-0.2, 0) is 49.5 Å². The number of amides is 5. The maximum atomic E-state index is 14.5. The van der Waals surface area contributed by atoms with E-state index in [9.17, 15) is 43.1 Å². The van der Waals surface area contributed by atoms with E-state index < -0.39 is 103 Å². The van der Waals surface area contributed by atoms with Crippen molar-refractivity contribution in [3.05, 3.63) is 120 Å². The molecule has 0 aliphatic heterocycles. The third-order valence-electron chi connectivity index (χ3n) is 10.9. The molecule has 0 bridgehead atoms. The van der Waals surface area contributed by atoms with Crippen LogP contribution < -0.4 is 42.4 Å². The van der Waals surface area contributed by atoms with E-state index in [0.29, 0.717) is 11.3 Å². The van der Waals surface area contributed by atoms with Crippen molar-refractivity contribution in [2.45, 2.75) is 103 Å². The highest BCUT2D eigenvalue weighted by Crippen LogP contribution is 2.44. The third kappa shape index (κ3) is 18.5. The van der Waals surface area contributed by atoms with Crippen molar-refractivity contribution in [3.63, 3.8) is 0 Å². The van der Waals surface area contributed by atoms with E-state index in [1.165, 1.54) is 18.2 Å². The molecule has 0 unspecified atom stereocenters. The van der Waals surface area contributed by atoms with E-state index in [1.54, 1.807) is 71.9 Å². The zero-order valence-corrected chi connectivity index (χ0v) is 42.3. The SMILES string of the molecule is CC(C)(C)OC[C@@H](NC(=O)[C@@H](CC(=O)OC(C)(C)C)NC(=O)CNC(=O)[C@@H](CCCNC(N)=NCc1ccc(F)c(Oc2ccccc2)c1)NC(=O)CNC(=O)OCC1c2ccccc2-c2ccccc21)C(=O)O. The normalized spacial score (nSPS) is 13.4. The van der Waals surface area contributed by atoms with Gasteiger partial charge in [-0.15, -0.1) is 0 Å². The molecule has 9 N–H and O–H groups in total. The van der Waals surface area contributed by atoms with Crippen LogP contribution in [0.4, 0.5) is 9.18 Å². The molecule has 4 aromatic rings. The number of carbonyl (C=O) groups is 7. The highest BCUT2D eigenvalue weighted by Gasteiger charge is 2.33. The average Bonchev–Trinajstić information content (AvgIpc) is 3.66. The minimum Gasteiger partial charge on any atom is -0.480 e. The lowest BCUT2D eigenvalue weighted by Crippen LogP contribution is -2.56. The number of carboxylic acid groups (broad SMARTS) is 1. The number of guanidine groups is 1. The van der Waals surface area contributed by atoms with Gasteiger partial charge in [-0.2, -0.15) is 0 Å². The number of halogens is 1. The first kappa shape index (κ1) is 56.8. The lowest BCUT2D eigenvalue weighted by molar-refractivity contribution is -0.156. The molecule has 0 radical (unpaired) electrons. The quantitative estimate of drug-likeness (QED) is 0.0207. The number of aliphatic imine (C=N–C) groups is 1. The van der Waals surface area contributed by atoms with E-state index >= 15 is 0 Å². The number of esters is 1. The molecule has 0 spiro atoms. The van der Waals surface area contributed by atoms with Gasteiger partial charge in [0.2, 0.25) is 23.6 Å². The maximum Gasteiger partial charge on any atom is 0.407 e. The van der Waals surface area contributed by atoms with Crippen molar-refractivity contribution in [2.24, 2.45) is 10.7 Å². The Bertz CT molecular complexity index is 2610. The molecule has 396 valence electrons. The predicted molar refractivity (Wildman–Crippen MR) is 271 cm³/mol. The summed E-state index contributed by atoms with van der Waals surface area (Å²) >= 11 is 0. The number of alkyl carbamates (subject to hydrolysis) is 1. The van der Waals surface area contributed by atoms with Crippen LogP contribution in [0.2, 0.25) is 0 Å². The number of nitrogens with two attached hydrogens (primary N) is 1. The van der Waals surface area contributed by atoms with Gasteiger partial charge in [0.1, 0.15) is 36.6 Å². The van der Waals surface area contributed by atoms with Crippen molar-refractivity contribution in [3.8, 4) is 22.6 Å². The number of carboxylic acids is 1. The molecule has 74 heavy (non-hydrogen) atoms. The summed E-state index contributed by atoms with van der Waals surface area (Å²) in [4.78, 5) is 95.8. The van der Waals surface area contributed by atoms with Crippen molar-refractivity contribution in [2.75, 3.05) is 32.8 Å². The number of rotatable bonds is 24. The number of fused-ring (bicyclic) bond motifs is 3. The number of aliphatic carboxylic acids is 1. The first-order chi connectivity index (χ1) is 35.0. The molecule has 0 saturated carbocycles. The van der Waals surface area contributed by atoms with Crippen LogP contribution in [0.5, 0.6) is 11.5 Å². The molecule has 20 nitrogen and oxygen atoms in total. The summed E-state index contributed by atoms with van der Waals surface area (Å²) < 4.78 is 36.6. The minimum absolute atomic E-state index is 0.00496. The van der Waals surface area contributed by atoms with Crippen molar-refractivity contribution in [1.82, 2.24) is 31.9 Å². The first-order valence-corrected chi connectivity index (χ1v) is 23.9. The van der Waals surface area contributed by atoms with Crippen LogP contribution in [0, 0.1) is 5.82 Å². The highest BCUT2D eigenvalue weighted by atomic mass is 19.1. The number of para-hydroxylation sites is 1. The Morgan fingerprint density at radius 1 is 0.716 bits per heavy atom. The highest BCUT2D eigenvalue weighted by molar-refractivity contribution is 5.95. The Kier molecular flexibility index (Phi) is 20.4. The fourth-order valence-corrected chi connectivity index (χ4v) is 7.49. The summed E-state index contributed by atoms with van der Waals surface area (Å²) in [5, 5.41) is 24.7. The van der Waals surface area contributed by atoms with Gasteiger partial charge in [0, 0.05) is 12.5 Å². The summed E-state index contributed by atoms with van der Waals surface area (Å²) in [5.41, 5.74) is 9.06. The predicted octanol–water partition coefficient (Wildman–Crippen LogP) is 4.54. The lowest BCUT2D eigenvalue weighted by Gasteiger charge is -2.26. The molecular formula is C53H65FN8O12. The van der Waals surface area contributed by atoms with Crippen LogP contribution in [-0.4, -0.2) is 115 Å².